The van der Waals surface area contributed by atoms with Crippen LogP contribution in [-0.2, 0) is 9.59 Å². The van der Waals surface area contributed by atoms with Gasteiger partial charge in [0.1, 0.15) is 0 Å². The Balaban J connectivity index is 1.93. The third-order valence-electron chi connectivity index (χ3n) is 4.14. The summed E-state index contributed by atoms with van der Waals surface area (Å²) in [5.74, 6) is -5.50. The summed E-state index contributed by atoms with van der Waals surface area (Å²) in [6, 6.07) is 1.36. The van der Waals surface area contributed by atoms with Crippen LogP contribution in [0.2, 0.25) is 0 Å². The first-order chi connectivity index (χ1) is 11.8. The first kappa shape index (κ1) is 19.0. The summed E-state index contributed by atoms with van der Waals surface area (Å²) in [5, 5.41) is 12.4. The second kappa shape index (κ2) is 8.15. The maximum atomic E-state index is 13.2. The number of rotatable bonds is 5. The first-order valence-electron chi connectivity index (χ1n) is 7.85. The largest absolute Gasteiger partial charge is 0.387 e. The van der Waals surface area contributed by atoms with E-state index in [0.29, 0.717) is 31.5 Å². The van der Waals surface area contributed by atoms with Crippen LogP contribution in [0.25, 0.3) is 0 Å². The fourth-order valence-electron chi connectivity index (χ4n) is 2.75. The number of carbonyl (C=O) groups excluding carboxylic acids is 2. The minimum Gasteiger partial charge on any atom is -0.387 e. The van der Waals surface area contributed by atoms with Crippen molar-refractivity contribution in [1.29, 1.82) is 0 Å². The minimum atomic E-state index is -1.62. The molecule has 1 aliphatic rings. The van der Waals surface area contributed by atoms with Gasteiger partial charge in [0.05, 0.1) is 12.0 Å². The number of piperidine rings is 1. The Hall–Kier alpha value is -2.35. The van der Waals surface area contributed by atoms with Crippen LogP contribution in [0, 0.1) is 23.4 Å². The van der Waals surface area contributed by atoms with Crippen LogP contribution in [-0.4, -0.2) is 41.5 Å². The number of hydrogen-bond donors (Lipinski definition) is 2. The first-order valence-corrected chi connectivity index (χ1v) is 7.85. The summed E-state index contributed by atoms with van der Waals surface area (Å²) >= 11 is 0. The highest BCUT2D eigenvalue weighted by atomic mass is 19.2. The SMILES string of the molecule is C=CC(=O)N1CCCC(C(=O)NCC(O)c2cc(F)c(F)c(F)c2)C1. The summed E-state index contributed by atoms with van der Waals surface area (Å²) < 4.78 is 39.3. The van der Waals surface area contributed by atoms with Crippen molar-refractivity contribution in [3.05, 3.63) is 47.8 Å². The van der Waals surface area contributed by atoms with Crippen molar-refractivity contribution in [3.8, 4) is 0 Å². The summed E-state index contributed by atoms with van der Waals surface area (Å²) in [5.41, 5.74) is -0.177. The number of nitrogens with one attached hydrogen (secondary N) is 1. The summed E-state index contributed by atoms with van der Waals surface area (Å²) in [6.45, 7) is 3.91. The number of likely N-dealkylation sites (tertiary alicyclic amines) is 1. The van der Waals surface area contributed by atoms with Gasteiger partial charge in [-0.3, -0.25) is 9.59 Å². The van der Waals surface area contributed by atoms with E-state index in [1.165, 1.54) is 11.0 Å². The smallest absolute Gasteiger partial charge is 0.245 e. The normalized spacial score (nSPS) is 18.6. The lowest BCUT2D eigenvalue weighted by Crippen LogP contribution is -2.45. The van der Waals surface area contributed by atoms with E-state index in [0.717, 1.165) is 0 Å². The molecule has 25 heavy (non-hydrogen) atoms. The Bertz CT molecular complexity index is 658. The number of benzene rings is 1. The minimum absolute atomic E-state index is 0.177. The number of carbonyl (C=O) groups is 2. The van der Waals surface area contributed by atoms with Gasteiger partial charge >= 0.3 is 0 Å². The third-order valence-corrected chi connectivity index (χ3v) is 4.14. The number of aliphatic hydroxyl groups excluding tert-OH is 1. The van der Waals surface area contributed by atoms with Crippen molar-refractivity contribution in [3.63, 3.8) is 0 Å². The lowest BCUT2D eigenvalue weighted by Gasteiger charge is -2.31. The Kier molecular flexibility index (Phi) is 6.19. The maximum Gasteiger partial charge on any atom is 0.245 e. The molecule has 0 bridgehead atoms. The molecule has 1 aliphatic heterocycles. The van der Waals surface area contributed by atoms with Gasteiger partial charge in [0, 0.05) is 19.6 Å². The average Bonchev–Trinajstić information content (AvgIpc) is 2.62. The zero-order chi connectivity index (χ0) is 18.6. The molecule has 2 unspecified atom stereocenters. The van der Waals surface area contributed by atoms with Crippen LogP contribution >= 0.6 is 0 Å². The molecule has 1 aromatic rings. The maximum absolute atomic E-state index is 13.2. The molecule has 5 nitrogen and oxygen atoms in total. The van der Waals surface area contributed by atoms with E-state index in [2.05, 4.69) is 11.9 Å². The molecule has 0 aliphatic carbocycles. The highest BCUT2D eigenvalue weighted by Gasteiger charge is 2.27. The van der Waals surface area contributed by atoms with E-state index in [-0.39, 0.29) is 30.5 Å². The Morgan fingerprint density at radius 1 is 1.36 bits per heavy atom. The van der Waals surface area contributed by atoms with Gasteiger partial charge in [-0.15, -0.1) is 0 Å². The zero-order valence-corrected chi connectivity index (χ0v) is 13.5. The molecular formula is C17H19F3N2O3. The van der Waals surface area contributed by atoms with E-state index in [1.807, 2.05) is 0 Å². The van der Waals surface area contributed by atoms with E-state index in [1.54, 1.807) is 0 Å². The number of nitrogens with zero attached hydrogens (tertiary/aromatic N) is 1. The summed E-state index contributed by atoms with van der Waals surface area (Å²) in [4.78, 5) is 25.3. The number of hydrogen-bond acceptors (Lipinski definition) is 3. The van der Waals surface area contributed by atoms with Crippen molar-refractivity contribution in [2.75, 3.05) is 19.6 Å². The molecule has 2 rings (SSSR count). The molecule has 2 amide bonds. The predicted octanol–water partition coefficient (Wildman–Crippen LogP) is 1.68. The topological polar surface area (TPSA) is 69.6 Å². The van der Waals surface area contributed by atoms with Crippen LogP contribution in [0.3, 0.4) is 0 Å². The van der Waals surface area contributed by atoms with Crippen molar-refractivity contribution < 1.29 is 27.9 Å². The quantitative estimate of drug-likeness (QED) is 0.623. The standard InChI is InChI=1S/C17H19F3N2O3/c1-2-15(24)22-5-3-4-10(9-22)17(25)21-8-14(23)11-6-12(18)16(20)13(19)7-11/h2,6-7,10,14,23H,1,3-5,8-9H2,(H,21,25). The second-order valence-electron chi connectivity index (χ2n) is 5.89. The molecule has 136 valence electrons. The number of aliphatic hydroxyl groups is 1. The highest BCUT2D eigenvalue weighted by molar-refractivity contribution is 5.88. The zero-order valence-electron chi connectivity index (χ0n) is 13.5. The Labute approximate surface area is 143 Å². The Morgan fingerprint density at radius 2 is 2.00 bits per heavy atom. The second-order valence-corrected chi connectivity index (χ2v) is 5.89. The van der Waals surface area contributed by atoms with Gasteiger partial charge in [0.2, 0.25) is 11.8 Å². The molecule has 0 spiro atoms. The van der Waals surface area contributed by atoms with Crippen molar-refractivity contribution in [2.24, 2.45) is 5.92 Å². The molecule has 1 heterocycles. The fraction of sp³-hybridized carbons (Fsp3) is 0.412. The van der Waals surface area contributed by atoms with Crippen molar-refractivity contribution in [1.82, 2.24) is 10.2 Å². The van der Waals surface area contributed by atoms with Gasteiger partial charge in [-0.1, -0.05) is 6.58 Å². The van der Waals surface area contributed by atoms with Crippen molar-refractivity contribution >= 4 is 11.8 Å². The van der Waals surface area contributed by atoms with Gasteiger partial charge < -0.3 is 15.3 Å². The van der Waals surface area contributed by atoms with E-state index in [9.17, 15) is 27.9 Å². The van der Waals surface area contributed by atoms with Gasteiger partial charge in [-0.25, -0.2) is 13.2 Å². The van der Waals surface area contributed by atoms with E-state index < -0.39 is 29.5 Å². The Morgan fingerprint density at radius 3 is 2.60 bits per heavy atom. The molecule has 1 aromatic carbocycles. The third kappa shape index (κ3) is 4.60. The fourth-order valence-corrected chi connectivity index (χ4v) is 2.75. The van der Waals surface area contributed by atoms with Gasteiger partial charge in [-0.2, -0.15) is 0 Å². The molecule has 2 atom stereocenters. The van der Waals surface area contributed by atoms with Crippen LogP contribution in [0.5, 0.6) is 0 Å². The molecule has 2 N–H and O–H groups in total. The number of amides is 2. The lowest BCUT2D eigenvalue weighted by molar-refractivity contribution is -0.132. The van der Waals surface area contributed by atoms with Gasteiger partial charge in [0.15, 0.2) is 17.5 Å². The predicted molar refractivity (Wildman–Crippen MR) is 83.8 cm³/mol. The molecular weight excluding hydrogens is 337 g/mol. The molecule has 0 saturated carbocycles. The van der Waals surface area contributed by atoms with Gasteiger partial charge in [0.25, 0.3) is 0 Å². The molecule has 1 fully saturated rings. The van der Waals surface area contributed by atoms with E-state index >= 15 is 0 Å². The van der Waals surface area contributed by atoms with Crippen molar-refractivity contribution in [2.45, 2.75) is 18.9 Å². The average molecular weight is 356 g/mol. The van der Waals surface area contributed by atoms with Crippen LogP contribution < -0.4 is 5.32 Å². The summed E-state index contributed by atoms with van der Waals surface area (Å²) in [6.07, 6.45) is 1.04. The molecule has 8 heteroatoms. The van der Waals surface area contributed by atoms with Crippen LogP contribution in [0.15, 0.2) is 24.8 Å². The molecule has 0 radical (unpaired) electrons. The van der Waals surface area contributed by atoms with E-state index in [4.69, 9.17) is 0 Å². The van der Waals surface area contributed by atoms with Crippen LogP contribution in [0.1, 0.15) is 24.5 Å². The lowest BCUT2D eigenvalue weighted by atomic mass is 9.97. The molecule has 0 aromatic heterocycles. The highest BCUT2D eigenvalue weighted by Crippen LogP contribution is 2.20. The monoisotopic (exact) mass is 356 g/mol. The number of halogens is 3. The van der Waals surface area contributed by atoms with Crippen LogP contribution in [0.4, 0.5) is 13.2 Å². The summed E-state index contributed by atoms with van der Waals surface area (Å²) in [7, 11) is 0. The van der Waals surface area contributed by atoms with Gasteiger partial charge in [-0.05, 0) is 36.6 Å². The molecule has 1 saturated heterocycles.